The second kappa shape index (κ2) is 6.59. The average Bonchev–Trinajstić information content (AvgIpc) is 2.90. The van der Waals surface area contributed by atoms with Gasteiger partial charge in [-0.1, -0.05) is 0 Å². The maximum Gasteiger partial charge on any atom is 0.276 e. The fourth-order valence-corrected chi connectivity index (χ4v) is 3.23. The van der Waals surface area contributed by atoms with Crippen molar-refractivity contribution in [2.45, 2.75) is 32.2 Å². The van der Waals surface area contributed by atoms with Gasteiger partial charge in [0, 0.05) is 31.5 Å². The normalized spacial score (nSPS) is 19.3. The van der Waals surface area contributed by atoms with Crippen LogP contribution in [0, 0.1) is 5.92 Å². The first-order valence-electron chi connectivity index (χ1n) is 6.97. The van der Waals surface area contributed by atoms with Crippen LogP contribution < -0.4 is 10.5 Å². The molecule has 8 heteroatoms. The van der Waals surface area contributed by atoms with Crippen LogP contribution in [-0.2, 0) is 21.4 Å². The predicted molar refractivity (Wildman–Crippen MR) is 77.4 cm³/mol. The lowest BCUT2D eigenvalue weighted by molar-refractivity contribution is -0.126. The molecule has 1 saturated heterocycles. The second-order valence-electron chi connectivity index (χ2n) is 5.41. The molecule has 7 nitrogen and oxygen atoms in total. The summed E-state index contributed by atoms with van der Waals surface area (Å²) in [6.45, 7) is 2.51. The quantitative estimate of drug-likeness (QED) is 0.812. The summed E-state index contributed by atoms with van der Waals surface area (Å²) in [5.41, 5.74) is 0. The van der Waals surface area contributed by atoms with Gasteiger partial charge in [0.25, 0.3) is 10.2 Å². The zero-order chi connectivity index (χ0) is 15.5. The van der Waals surface area contributed by atoms with Crippen LogP contribution in [0.2, 0.25) is 0 Å². The maximum absolute atomic E-state index is 12.2. The summed E-state index contributed by atoms with van der Waals surface area (Å²) in [7, 11) is -3.64. The van der Waals surface area contributed by atoms with E-state index >= 15 is 0 Å². The molecule has 2 rings (SSSR count). The molecule has 118 valence electrons. The minimum atomic E-state index is -3.64. The number of piperidine rings is 1. The molecule has 0 aromatic carbocycles. The maximum atomic E-state index is 12.2. The highest BCUT2D eigenvalue weighted by atomic mass is 32.2. The van der Waals surface area contributed by atoms with Gasteiger partial charge in [-0.2, -0.15) is 12.7 Å². The summed E-state index contributed by atoms with van der Waals surface area (Å²) in [5.74, 6) is 0.622. The first-order valence-corrected chi connectivity index (χ1v) is 8.47. The van der Waals surface area contributed by atoms with E-state index in [1.54, 1.807) is 6.26 Å². The standard InChI is InChI=1S/C13H21N3O4S/c1-10(9-12-3-2-8-20-12)15-13(17)11-4-6-16(7-5-11)21(14,18)19/h2-3,8,10-11H,4-7,9H2,1H3,(H,15,17)(H2,14,18,19). The van der Waals surface area contributed by atoms with Gasteiger partial charge in [0.05, 0.1) is 6.26 Å². The number of nitrogens with two attached hydrogens (primary N) is 1. The Hall–Kier alpha value is -1.38. The van der Waals surface area contributed by atoms with Crippen LogP contribution in [0.3, 0.4) is 0 Å². The Morgan fingerprint density at radius 3 is 2.71 bits per heavy atom. The zero-order valence-electron chi connectivity index (χ0n) is 12.0. The topological polar surface area (TPSA) is 106 Å². The lowest BCUT2D eigenvalue weighted by atomic mass is 9.96. The molecule has 2 heterocycles. The molecule has 21 heavy (non-hydrogen) atoms. The smallest absolute Gasteiger partial charge is 0.276 e. The molecule has 3 N–H and O–H groups in total. The number of furan rings is 1. The van der Waals surface area contributed by atoms with Gasteiger partial charge in [0.1, 0.15) is 5.76 Å². The van der Waals surface area contributed by atoms with Crippen molar-refractivity contribution in [3.63, 3.8) is 0 Å². The molecule has 0 saturated carbocycles. The van der Waals surface area contributed by atoms with Crippen LogP contribution in [0.4, 0.5) is 0 Å². The molecule has 1 atom stereocenters. The summed E-state index contributed by atoms with van der Waals surface area (Å²) in [4.78, 5) is 12.2. The number of carbonyl (C=O) groups is 1. The number of rotatable bonds is 5. The predicted octanol–water partition coefficient (Wildman–Crippen LogP) is 0.242. The van der Waals surface area contributed by atoms with Gasteiger partial charge in [-0.25, -0.2) is 5.14 Å². The van der Waals surface area contributed by atoms with E-state index in [4.69, 9.17) is 9.56 Å². The molecule has 1 fully saturated rings. The fourth-order valence-electron chi connectivity index (χ4n) is 2.51. The van der Waals surface area contributed by atoms with Crippen molar-refractivity contribution in [3.8, 4) is 0 Å². The van der Waals surface area contributed by atoms with Crippen LogP contribution >= 0.6 is 0 Å². The zero-order valence-corrected chi connectivity index (χ0v) is 12.8. The summed E-state index contributed by atoms with van der Waals surface area (Å²) in [6.07, 6.45) is 3.23. The Bertz CT molecular complexity index is 562. The summed E-state index contributed by atoms with van der Waals surface area (Å²) in [5, 5.41) is 8.02. The molecule has 1 amide bonds. The monoisotopic (exact) mass is 315 g/mol. The molecule has 1 aromatic rings. The van der Waals surface area contributed by atoms with Gasteiger partial charge < -0.3 is 9.73 Å². The number of hydrogen-bond donors (Lipinski definition) is 2. The number of amides is 1. The van der Waals surface area contributed by atoms with Crippen molar-refractivity contribution >= 4 is 16.1 Å². The van der Waals surface area contributed by atoms with Gasteiger partial charge >= 0.3 is 0 Å². The molecular weight excluding hydrogens is 294 g/mol. The van der Waals surface area contributed by atoms with Crippen molar-refractivity contribution in [1.82, 2.24) is 9.62 Å². The van der Waals surface area contributed by atoms with E-state index in [1.165, 1.54) is 4.31 Å². The molecule has 0 radical (unpaired) electrons. The molecule has 0 bridgehead atoms. The molecule has 1 aliphatic heterocycles. The van der Waals surface area contributed by atoms with E-state index in [-0.39, 0.29) is 17.9 Å². The first kappa shape index (κ1) is 16.0. The molecule has 0 spiro atoms. The van der Waals surface area contributed by atoms with Crippen LogP contribution in [0.25, 0.3) is 0 Å². The fraction of sp³-hybridized carbons (Fsp3) is 0.615. The second-order valence-corrected chi connectivity index (χ2v) is 6.96. The van der Waals surface area contributed by atoms with E-state index < -0.39 is 10.2 Å². The number of hydrogen-bond acceptors (Lipinski definition) is 4. The number of carbonyl (C=O) groups excluding carboxylic acids is 1. The lowest BCUT2D eigenvalue weighted by Crippen LogP contribution is -2.46. The highest BCUT2D eigenvalue weighted by molar-refractivity contribution is 7.86. The molecule has 1 aromatic heterocycles. The third-order valence-electron chi connectivity index (χ3n) is 3.66. The highest BCUT2D eigenvalue weighted by Gasteiger charge is 2.29. The summed E-state index contributed by atoms with van der Waals surface area (Å²) >= 11 is 0. The van der Waals surface area contributed by atoms with E-state index in [2.05, 4.69) is 5.32 Å². The van der Waals surface area contributed by atoms with E-state index in [9.17, 15) is 13.2 Å². The lowest BCUT2D eigenvalue weighted by Gasteiger charge is -2.29. The van der Waals surface area contributed by atoms with Crippen LogP contribution in [-0.4, -0.2) is 37.8 Å². The average molecular weight is 315 g/mol. The highest BCUT2D eigenvalue weighted by Crippen LogP contribution is 2.19. The molecule has 1 unspecified atom stereocenters. The van der Waals surface area contributed by atoms with Gasteiger partial charge in [0.2, 0.25) is 5.91 Å². The number of nitrogens with zero attached hydrogens (tertiary/aromatic N) is 1. The Balaban J connectivity index is 1.79. The SMILES string of the molecule is CC(Cc1ccco1)NC(=O)C1CCN(S(N)(=O)=O)CC1. The van der Waals surface area contributed by atoms with Crippen molar-refractivity contribution < 1.29 is 17.6 Å². The Morgan fingerprint density at radius 1 is 1.52 bits per heavy atom. The minimum absolute atomic E-state index is 0.0279. The third kappa shape index (κ3) is 4.55. The van der Waals surface area contributed by atoms with E-state index in [0.717, 1.165) is 5.76 Å². The van der Waals surface area contributed by atoms with Gasteiger partial charge in [-0.3, -0.25) is 4.79 Å². The van der Waals surface area contributed by atoms with Crippen LogP contribution in [0.5, 0.6) is 0 Å². The van der Waals surface area contributed by atoms with Gasteiger partial charge in [-0.15, -0.1) is 0 Å². The third-order valence-corrected chi connectivity index (χ3v) is 4.75. The molecule has 0 aliphatic carbocycles. The molecule has 1 aliphatic rings. The van der Waals surface area contributed by atoms with Crippen molar-refractivity contribution in [3.05, 3.63) is 24.2 Å². The van der Waals surface area contributed by atoms with Crippen LogP contribution in [0.15, 0.2) is 22.8 Å². The van der Waals surface area contributed by atoms with Crippen LogP contribution in [0.1, 0.15) is 25.5 Å². The minimum Gasteiger partial charge on any atom is -0.469 e. The summed E-state index contributed by atoms with van der Waals surface area (Å²) < 4.78 is 28.9. The largest absolute Gasteiger partial charge is 0.469 e. The number of nitrogens with one attached hydrogen (secondary N) is 1. The van der Waals surface area contributed by atoms with E-state index in [1.807, 2.05) is 19.1 Å². The van der Waals surface area contributed by atoms with Crippen molar-refractivity contribution in [2.75, 3.05) is 13.1 Å². The first-order chi connectivity index (χ1) is 9.86. The summed E-state index contributed by atoms with van der Waals surface area (Å²) in [6, 6.07) is 3.65. The Kier molecular flexibility index (Phi) is 5.02. The van der Waals surface area contributed by atoms with Gasteiger partial charge in [0.15, 0.2) is 0 Å². The van der Waals surface area contributed by atoms with Crippen molar-refractivity contribution in [2.24, 2.45) is 11.1 Å². The molecular formula is C13H21N3O4S. The van der Waals surface area contributed by atoms with Crippen molar-refractivity contribution in [1.29, 1.82) is 0 Å². The Morgan fingerprint density at radius 2 is 2.19 bits per heavy atom. The Labute approximate surface area is 124 Å². The van der Waals surface area contributed by atoms with E-state index in [0.29, 0.717) is 32.4 Å². The van der Waals surface area contributed by atoms with Gasteiger partial charge in [-0.05, 0) is 31.9 Å².